The molecule has 4 heteroatoms. The number of benzene rings is 3. The monoisotopic (exact) mass is 444 g/mol. The van der Waals surface area contributed by atoms with Gasteiger partial charge in [-0.1, -0.05) is 61.5 Å². The number of aliphatic hydroxyl groups is 1. The summed E-state index contributed by atoms with van der Waals surface area (Å²) < 4.78 is 11.1. The summed E-state index contributed by atoms with van der Waals surface area (Å²) in [5.74, 6) is 0.987. The predicted molar refractivity (Wildman–Crippen MR) is 133 cm³/mol. The Morgan fingerprint density at radius 3 is 1.82 bits per heavy atom. The zero-order valence-electron chi connectivity index (χ0n) is 19.8. The summed E-state index contributed by atoms with van der Waals surface area (Å²) in [6.45, 7) is 7.91. The number of hydrogen-bond donors (Lipinski definition) is 1. The van der Waals surface area contributed by atoms with Crippen LogP contribution in [0.15, 0.2) is 78.9 Å². The first-order valence-electron chi connectivity index (χ1n) is 11.3. The van der Waals surface area contributed by atoms with Crippen LogP contribution in [-0.4, -0.2) is 24.3 Å². The van der Waals surface area contributed by atoms with Gasteiger partial charge in [-0.05, 0) is 79.3 Å². The minimum Gasteiger partial charge on any atom is -0.491 e. The molecular weight excluding hydrogens is 412 g/mol. The first-order chi connectivity index (χ1) is 15.8. The normalized spacial score (nSPS) is 12.2. The summed E-state index contributed by atoms with van der Waals surface area (Å²) >= 11 is 0. The Labute approximate surface area is 196 Å². The van der Waals surface area contributed by atoms with Gasteiger partial charge in [-0.2, -0.15) is 0 Å². The molecule has 0 unspecified atom stereocenters. The fourth-order valence-corrected chi connectivity index (χ4v) is 3.51. The number of allylic oxidation sites excluding steroid dienone is 1. The van der Waals surface area contributed by atoms with Gasteiger partial charge in [0.25, 0.3) is 0 Å². The Balaban J connectivity index is 2.04. The van der Waals surface area contributed by atoms with Gasteiger partial charge >= 0.3 is 5.97 Å². The number of carbonyl (C=O) groups is 1. The molecule has 4 nitrogen and oxygen atoms in total. The Morgan fingerprint density at radius 1 is 0.788 bits per heavy atom. The zero-order valence-corrected chi connectivity index (χ0v) is 19.8. The molecule has 0 spiro atoms. The highest BCUT2D eigenvalue weighted by atomic mass is 16.5. The topological polar surface area (TPSA) is 55.8 Å². The standard InChI is InChI=1S/C29H32O4/c1-5-26(21-9-7-6-8-10-21)27(22-11-15-24(16-12-22)32-20-19-30)23-13-17-25(18-14-23)33-28(31)29(2,3)4/h6-18,30H,5,19-20H2,1-4H3. The lowest BCUT2D eigenvalue weighted by atomic mass is 9.88. The number of carbonyl (C=O) groups excluding carboxylic acids is 1. The second kappa shape index (κ2) is 11.0. The molecule has 0 atom stereocenters. The Morgan fingerprint density at radius 2 is 1.33 bits per heavy atom. The van der Waals surface area contributed by atoms with E-state index in [1.165, 1.54) is 11.1 Å². The maximum atomic E-state index is 12.3. The molecule has 0 aromatic heterocycles. The highest BCUT2D eigenvalue weighted by Crippen LogP contribution is 2.35. The first kappa shape index (κ1) is 24.3. The number of rotatable bonds is 8. The van der Waals surface area contributed by atoms with E-state index in [2.05, 4.69) is 19.1 Å². The lowest BCUT2D eigenvalue weighted by Crippen LogP contribution is -2.25. The quantitative estimate of drug-likeness (QED) is 0.249. The molecule has 0 amide bonds. The van der Waals surface area contributed by atoms with Crippen molar-refractivity contribution in [3.8, 4) is 11.5 Å². The molecule has 0 saturated heterocycles. The number of ether oxygens (including phenoxy) is 2. The average Bonchev–Trinajstić information content (AvgIpc) is 2.82. The van der Waals surface area contributed by atoms with Crippen molar-refractivity contribution in [2.24, 2.45) is 5.41 Å². The van der Waals surface area contributed by atoms with E-state index in [4.69, 9.17) is 14.6 Å². The molecule has 33 heavy (non-hydrogen) atoms. The van der Waals surface area contributed by atoms with E-state index in [1.54, 1.807) is 0 Å². The van der Waals surface area contributed by atoms with Crippen LogP contribution in [-0.2, 0) is 4.79 Å². The van der Waals surface area contributed by atoms with E-state index in [1.807, 2.05) is 87.5 Å². The van der Waals surface area contributed by atoms with Gasteiger partial charge in [-0.15, -0.1) is 0 Å². The van der Waals surface area contributed by atoms with Crippen molar-refractivity contribution >= 4 is 17.1 Å². The molecule has 1 N–H and O–H groups in total. The highest BCUT2D eigenvalue weighted by Gasteiger charge is 2.23. The van der Waals surface area contributed by atoms with E-state index >= 15 is 0 Å². The lowest BCUT2D eigenvalue weighted by Gasteiger charge is -2.18. The van der Waals surface area contributed by atoms with Gasteiger partial charge in [0.2, 0.25) is 0 Å². The van der Waals surface area contributed by atoms with Gasteiger partial charge in [0.05, 0.1) is 12.0 Å². The van der Waals surface area contributed by atoms with Crippen molar-refractivity contribution < 1.29 is 19.4 Å². The first-order valence-corrected chi connectivity index (χ1v) is 11.3. The third kappa shape index (κ3) is 6.33. The van der Waals surface area contributed by atoms with Crippen LogP contribution in [0.25, 0.3) is 11.1 Å². The maximum absolute atomic E-state index is 12.3. The van der Waals surface area contributed by atoms with Crippen LogP contribution in [0.3, 0.4) is 0 Å². The van der Waals surface area contributed by atoms with Gasteiger partial charge < -0.3 is 14.6 Å². The summed E-state index contributed by atoms with van der Waals surface area (Å²) in [5.41, 5.74) is 5.04. The third-order valence-electron chi connectivity index (χ3n) is 5.25. The van der Waals surface area contributed by atoms with Crippen molar-refractivity contribution in [2.45, 2.75) is 34.1 Å². The van der Waals surface area contributed by atoms with Gasteiger partial charge in [0, 0.05) is 0 Å². The molecule has 0 aliphatic rings. The summed E-state index contributed by atoms with van der Waals surface area (Å²) in [6.07, 6.45) is 0.850. The maximum Gasteiger partial charge on any atom is 0.316 e. The fraction of sp³-hybridized carbons (Fsp3) is 0.276. The fourth-order valence-electron chi connectivity index (χ4n) is 3.51. The second-order valence-corrected chi connectivity index (χ2v) is 8.83. The molecule has 0 saturated carbocycles. The lowest BCUT2D eigenvalue weighted by molar-refractivity contribution is -0.142. The van der Waals surface area contributed by atoms with Gasteiger partial charge in [0.1, 0.15) is 18.1 Å². The van der Waals surface area contributed by atoms with Crippen LogP contribution in [0.1, 0.15) is 50.8 Å². The second-order valence-electron chi connectivity index (χ2n) is 8.83. The molecule has 0 aliphatic heterocycles. The van der Waals surface area contributed by atoms with E-state index in [0.29, 0.717) is 11.5 Å². The Kier molecular flexibility index (Phi) is 8.07. The van der Waals surface area contributed by atoms with Gasteiger partial charge in [0.15, 0.2) is 0 Å². The van der Waals surface area contributed by atoms with Crippen LogP contribution in [0.5, 0.6) is 11.5 Å². The van der Waals surface area contributed by atoms with Crippen LogP contribution >= 0.6 is 0 Å². The SMILES string of the molecule is CCC(=C(c1ccc(OCCO)cc1)c1ccc(OC(=O)C(C)(C)C)cc1)c1ccccc1. The van der Waals surface area contributed by atoms with Crippen molar-refractivity contribution in [1.82, 2.24) is 0 Å². The number of hydrogen-bond acceptors (Lipinski definition) is 4. The molecular formula is C29H32O4. The molecule has 0 radical (unpaired) electrons. The zero-order chi connectivity index (χ0) is 23.8. The van der Waals surface area contributed by atoms with Crippen LogP contribution in [0, 0.1) is 5.41 Å². The van der Waals surface area contributed by atoms with Crippen molar-refractivity contribution in [3.05, 3.63) is 95.6 Å². The Hall–Kier alpha value is -3.37. The number of aliphatic hydroxyl groups excluding tert-OH is 1. The van der Waals surface area contributed by atoms with Crippen molar-refractivity contribution in [3.63, 3.8) is 0 Å². The van der Waals surface area contributed by atoms with Crippen molar-refractivity contribution in [2.75, 3.05) is 13.2 Å². The minimum absolute atomic E-state index is 0.0208. The molecule has 0 aliphatic carbocycles. The largest absolute Gasteiger partial charge is 0.491 e. The van der Waals surface area contributed by atoms with Gasteiger partial charge in [-0.25, -0.2) is 0 Å². The molecule has 172 valence electrons. The van der Waals surface area contributed by atoms with E-state index in [9.17, 15) is 4.79 Å². The van der Waals surface area contributed by atoms with Crippen LogP contribution in [0.4, 0.5) is 0 Å². The molecule has 0 fully saturated rings. The van der Waals surface area contributed by atoms with Crippen LogP contribution in [0.2, 0.25) is 0 Å². The molecule has 3 aromatic carbocycles. The summed E-state index contributed by atoms with van der Waals surface area (Å²) in [4.78, 5) is 12.3. The van der Waals surface area contributed by atoms with E-state index < -0.39 is 5.41 Å². The number of esters is 1. The highest BCUT2D eigenvalue weighted by molar-refractivity contribution is 5.98. The van der Waals surface area contributed by atoms with Crippen LogP contribution < -0.4 is 9.47 Å². The minimum atomic E-state index is -0.563. The smallest absolute Gasteiger partial charge is 0.316 e. The Bertz CT molecular complexity index is 1070. The summed E-state index contributed by atoms with van der Waals surface area (Å²) in [6, 6.07) is 25.9. The third-order valence-corrected chi connectivity index (χ3v) is 5.25. The molecule has 3 rings (SSSR count). The molecule has 3 aromatic rings. The summed E-state index contributed by atoms with van der Waals surface area (Å²) in [7, 11) is 0. The van der Waals surface area contributed by atoms with E-state index in [0.717, 1.165) is 23.1 Å². The average molecular weight is 445 g/mol. The predicted octanol–water partition coefficient (Wildman–Crippen LogP) is 6.38. The summed E-state index contributed by atoms with van der Waals surface area (Å²) in [5, 5.41) is 9.01. The van der Waals surface area contributed by atoms with Crippen molar-refractivity contribution in [1.29, 1.82) is 0 Å². The molecule has 0 heterocycles. The van der Waals surface area contributed by atoms with Gasteiger partial charge in [-0.3, -0.25) is 4.79 Å². The molecule has 0 bridgehead atoms. The van der Waals surface area contributed by atoms with E-state index in [-0.39, 0.29) is 19.2 Å².